The number of nitrogens with zero attached hydrogens (tertiary/aromatic N) is 2. The number of hydrogen-bond acceptors (Lipinski definition) is 6. The number of nitrogens with one attached hydrogen (secondary N) is 1. The van der Waals surface area contributed by atoms with Crippen LogP contribution in [-0.2, 0) is 11.2 Å². The van der Waals surface area contributed by atoms with Crippen LogP contribution in [0.25, 0.3) is 0 Å². The molecule has 8 nitrogen and oxygen atoms in total. The highest BCUT2D eigenvalue weighted by atomic mass is 16.6. The van der Waals surface area contributed by atoms with E-state index in [0.717, 1.165) is 6.07 Å². The topological polar surface area (TPSA) is 108 Å². The largest absolute Gasteiger partial charge is 0.383 e. The zero-order valence-electron chi connectivity index (χ0n) is 11.4. The fourth-order valence-electron chi connectivity index (χ4n) is 1.89. The molecule has 0 fully saturated rings. The lowest BCUT2D eigenvalue weighted by Crippen LogP contribution is -2.30. The van der Waals surface area contributed by atoms with Gasteiger partial charge in [0.25, 0.3) is 11.4 Å². The van der Waals surface area contributed by atoms with E-state index >= 15 is 0 Å². The molecule has 0 saturated carbocycles. The van der Waals surface area contributed by atoms with Crippen LogP contribution in [0.5, 0.6) is 0 Å². The molecule has 0 aliphatic carbocycles. The number of aryl methyl sites for hydroxylation is 1. The SMILES string of the molecule is CNC(CCc1ccc([N+](=O)[O-])cc1[N+](=O)[O-])COC. The quantitative estimate of drug-likeness (QED) is 0.574. The molecule has 8 heteroatoms. The van der Waals surface area contributed by atoms with Crippen molar-refractivity contribution >= 4 is 11.4 Å². The Morgan fingerprint density at radius 3 is 2.50 bits per heavy atom. The molecular formula is C12H17N3O5. The van der Waals surface area contributed by atoms with E-state index in [1.54, 1.807) is 14.2 Å². The minimum atomic E-state index is -0.641. The third-order valence-electron chi connectivity index (χ3n) is 3.01. The van der Waals surface area contributed by atoms with Gasteiger partial charge >= 0.3 is 0 Å². The van der Waals surface area contributed by atoms with E-state index in [2.05, 4.69) is 5.32 Å². The molecule has 0 aromatic heterocycles. The van der Waals surface area contributed by atoms with Crippen LogP contribution in [0.4, 0.5) is 11.4 Å². The maximum absolute atomic E-state index is 11.0. The van der Waals surface area contributed by atoms with Gasteiger partial charge in [-0.15, -0.1) is 0 Å². The molecule has 1 N–H and O–H groups in total. The molecule has 0 aliphatic rings. The summed E-state index contributed by atoms with van der Waals surface area (Å²) in [6.07, 6.45) is 1.09. The summed E-state index contributed by atoms with van der Waals surface area (Å²) in [6, 6.07) is 3.80. The first-order valence-corrected chi connectivity index (χ1v) is 6.07. The number of nitro benzene ring substituents is 2. The van der Waals surface area contributed by atoms with Crippen LogP contribution in [-0.4, -0.2) is 36.7 Å². The van der Waals surface area contributed by atoms with Gasteiger partial charge in [0.1, 0.15) is 0 Å². The maximum atomic E-state index is 11.0. The molecule has 0 saturated heterocycles. The average Bonchev–Trinajstić information content (AvgIpc) is 2.42. The molecule has 1 rings (SSSR count). The van der Waals surface area contributed by atoms with E-state index in [0.29, 0.717) is 25.0 Å². The van der Waals surface area contributed by atoms with Crippen molar-refractivity contribution in [3.63, 3.8) is 0 Å². The molecule has 110 valence electrons. The number of non-ortho nitro benzene ring substituents is 1. The van der Waals surface area contributed by atoms with Crippen molar-refractivity contribution in [3.05, 3.63) is 44.0 Å². The van der Waals surface area contributed by atoms with Crippen molar-refractivity contribution in [2.75, 3.05) is 20.8 Å². The highest BCUT2D eigenvalue weighted by Crippen LogP contribution is 2.25. The fourth-order valence-corrected chi connectivity index (χ4v) is 1.89. The van der Waals surface area contributed by atoms with E-state index in [1.807, 2.05) is 0 Å². The second kappa shape index (κ2) is 7.51. The smallest absolute Gasteiger partial charge is 0.279 e. The van der Waals surface area contributed by atoms with Gasteiger partial charge in [-0.1, -0.05) is 0 Å². The van der Waals surface area contributed by atoms with E-state index in [-0.39, 0.29) is 17.4 Å². The van der Waals surface area contributed by atoms with Crippen LogP contribution in [0.1, 0.15) is 12.0 Å². The summed E-state index contributed by atoms with van der Waals surface area (Å²) in [7, 11) is 3.37. The van der Waals surface area contributed by atoms with Crippen molar-refractivity contribution in [3.8, 4) is 0 Å². The lowest BCUT2D eigenvalue weighted by atomic mass is 10.0. The molecule has 0 heterocycles. The van der Waals surface area contributed by atoms with Crippen molar-refractivity contribution in [1.29, 1.82) is 0 Å². The summed E-state index contributed by atoms with van der Waals surface area (Å²) in [4.78, 5) is 20.4. The summed E-state index contributed by atoms with van der Waals surface area (Å²) < 4.78 is 5.03. The van der Waals surface area contributed by atoms with Gasteiger partial charge in [0.05, 0.1) is 22.5 Å². The normalized spacial score (nSPS) is 12.1. The van der Waals surface area contributed by atoms with Crippen LogP contribution in [0.2, 0.25) is 0 Å². The number of rotatable bonds is 8. The van der Waals surface area contributed by atoms with E-state index in [1.165, 1.54) is 12.1 Å². The number of hydrogen-bond donors (Lipinski definition) is 1. The van der Waals surface area contributed by atoms with Gasteiger partial charge in [-0.3, -0.25) is 20.2 Å². The summed E-state index contributed by atoms with van der Waals surface area (Å²) >= 11 is 0. The second-order valence-electron chi connectivity index (χ2n) is 4.31. The summed E-state index contributed by atoms with van der Waals surface area (Å²) in [5.74, 6) is 0. The van der Waals surface area contributed by atoms with Crippen LogP contribution in [0, 0.1) is 20.2 Å². The summed E-state index contributed by atoms with van der Waals surface area (Å²) in [6.45, 7) is 0.497. The molecule has 1 unspecified atom stereocenters. The van der Waals surface area contributed by atoms with Crippen molar-refractivity contribution in [2.45, 2.75) is 18.9 Å². The Labute approximate surface area is 116 Å². The first kappa shape index (κ1) is 16.0. The van der Waals surface area contributed by atoms with E-state index in [4.69, 9.17) is 4.74 Å². The Hall–Kier alpha value is -2.06. The van der Waals surface area contributed by atoms with E-state index in [9.17, 15) is 20.2 Å². The van der Waals surface area contributed by atoms with Crippen molar-refractivity contribution in [1.82, 2.24) is 5.32 Å². The zero-order valence-corrected chi connectivity index (χ0v) is 11.4. The van der Waals surface area contributed by atoms with Crippen LogP contribution in [0.15, 0.2) is 18.2 Å². The Morgan fingerprint density at radius 2 is 2.00 bits per heavy atom. The fraction of sp³-hybridized carbons (Fsp3) is 0.500. The molecule has 1 atom stereocenters. The molecule has 1 aromatic carbocycles. The Bertz CT molecular complexity index is 492. The molecular weight excluding hydrogens is 266 g/mol. The highest BCUT2D eigenvalue weighted by Gasteiger charge is 2.19. The van der Waals surface area contributed by atoms with Gasteiger partial charge in [0, 0.05) is 24.8 Å². The number of methoxy groups -OCH3 is 1. The first-order valence-electron chi connectivity index (χ1n) is 6.07. The molecule has 0 aliphatic heterocycles. The lowest BCUT2D eigenvalue weighted by molar-refractivity contribution is -0.394. The minimum absolute atomic E-state index is 0.0785. The molecule has 1 aromatic rings. The summed E-state index contributed by atoms with van der Waals surface area (Å²) in [5.41, 5.74) is -0.00840. The molecule has 0 spiro atoms. The van der Waals surface area contributed by atoms with Crippen LogP contribution >= 0.6 is 0 Å². The third kappa shape index (κ3) is 4.25. The number of nitro groups is 2. The van der Waals surface area contributed by atoms with Crippen molar-refractivity contribution in [2.24, 2.45) is 0 Å². The van der Waals surface area contributed by atoms with Gasteiger partial charge in [0.2, 0.25) is 0 Å². The summed E-state index contributed by atoms with van der Waals surface area (Å²) in [5, 5.41) is 24.7. The standard InChI is InChI=1S/C12H17N3O5/c1-13-10(8-20-2)5-3-9-4-6-11(14(16)17)7-12(9)15(18)19/h4,6-7,10,13H,3,5,8H2,1-2H3. The number of ether oxygens (including phenoxy) is 1. The van der Waals surface area contributed by atoms with Crippen LogP contribution < -0.4 is 5.32 Å². The second-order valence-corrected chi connectivity index (χ2v) is 4.31. The Balaban J connectivity index is 2.89. The molecule has 20 heavy (non-hydrogen) atoms. The molecule has 0 amide bonds. The van der Waals surface area contributed by atoms with Gasteiger partial charge in [-0.2, -0.15) is 0 Å². The third-order valence-corrected chi connectivity index (χ3v) is 3.01. The average molecular weight is 283 g/mol. The van der Waals surface area contributed by atoms with Gasteiger partial charge in [-0.05, 0) is 26.0 Å². The molecule has 0 bridgehead atoms. The number of likely N-dealkylation sites (N-methyl/N-ethyl adjacent to an activating group) is 1. The van der Waals surface area contributed by atoms with Gasteiger partial charge in [0.15, 0.2) is 0 Å². The van der Waals surface area contributed by atoms with Crippen LogP contribution in [0.3, 0.4) is 0 Å². The van der Waals surface area contributed by atoms with Crippen molar-refractivity contribution < 1.29 is 14.6 Å². The predicted molar refractivity (Wildman–Crippen MR) is 72.8 cm³/mol. The number of benzene rings is 1. The zero-order chi connectivity index (χ0) is 15.1. The Kier molecular flexibility index (Phi) is 6.01. The predicted octanol–water partition coefficient (Wildman–Crippen LogP) is 1.67. The van der Waals surface area contributed by atoms with Gasteiger partial charge < -0.3 is 10.1 Å². The van der Waals surface area contributed by atoms with E-state index < -0.39 is 9.85 Å². The lowest BCUT2D eigenvalue weighted by Gasteiger charge is -2.14. The first-order chi connectivity index (χ1) is 9.49. The van der Waals surface area contributed by atoms with Gasteiger partial charge in [-0.25, -0.2) is 0 Å². The monoisotopic (exact) mass is 283 g/mol. The molecule has 0 radical (unpaired) electrons. The highest BCUT2D eigenvalue weighted by molar-refractivity contribution is 5.49. The Morgan fingerprint density at radius 1 is 1.30 bits per heavy atom. The minimum Gasteiger partial charge on any atom is -0.383 e. The maximum Gasteiger partial charge on any atom is 0.279 e.